The van der Waals surface area contributed by atoms with E-state index in [2.05, 4.69) is 36.0 Å². The van der Waals surface area contributed by atoms with Crippen molar-refractivity contribution in [1.82, 2.24) is 0 Å². The van der Waals surface area contributed by atoms with Crippen molar-refractivity contribution in [1.29, 1.82) is 0 Å². The Morgan fingerprint density at radius 1 is 0.962 bits per heavy atom. The van der Waals surface area contributed by atoms with Gasteiger partial charge in [0.25, 0.3) is 0 Å². The lowest BCUT2D eigenvalue weighted by Crippen LogP contribution is -1.99. The molecule has 0 N–H and O–H groups in total. The molecule has 2 nitrogen and oxygen atoms in total. The minimum absolute atomic E-state index is 0.301. The molecule has 0 aliphatic carbocycles. The second-order valence-corrected chi connectivity index (χ2v) is 7.13. The quantitative estimate of drug-likeness (QED) is 0.119. The zero-order valence-electron chi connectivity index (χ0n) is 16.2. The molecule has 3 heteroatoms. The van der Waals surface area contributed by atoms with Gasteiger partial charge in [-0.25, -0.2) is 4.79 Å². The first kappa shape index (κ1) is 22.3. The van der Waals surface area contributed by atoms with Crippen LogP contribution >= 0.6 is 11.8 Å². The maximum Gasteiger partial charge on any atom is 0.337 e. The van der Waals surface area contributed by atoms with E-state index in [0.717, 1.165) is 11.3 Å². The second-order valence-electron chi connectivity index (χ2n) is 6.15. The highest BCUT2D eigenvalue weighted by Gasteiger charge is 2.03. The van der Waals surface area contributed by atoms with Crippen molar-refractivity contribution in [2.24, 2.45) is 0 Å². The van der Waals surface area contributed by atoms with E-state index >= 15 is 0 Å². The third-order valence-electron chi connectivity index (χ3n) is 3.97. The number of hydrogen-bond donors (Lipinski definition) is 0. The molecule has 1 aromatic rings. The fourth-order valence-corrected chi connectivity index (χ4v) is 3.06. The first-order valence-corrected chi connectivity index (χ1v) is 10.5. The molecular weight excluding hydrogens is 340 g/mol. The average Bonchev–Trinajstić information content (AvgIpc) is 2.68. The van der Waals surface area contributed by atoms with Crippen molar-refractivity contribution in [3.63, 3.8) is 0 Å². The van der Waals surface area contributed by atoms with Gasteiger partial charge >= 0.3 is 5.97 Å². The number of rotatable bonds is 13. The van der Waals surface area contributed by atoms with Crippen LogP contribution in [0.15, 0.2) is 64.9 Å². The van der Waals surface area contributed by atoms with Gasteiger partial charge in [-0.05, 0) is 48.9 Å². The van der Waals surface area contributed by atoms with Crippen LogP contribution < -0.4 is 0 Å². The van der Waals surface area contributed by atoms with Crippen LogP contribution in [0.4, 0.5) is 0 Å². The SMILES string of the molecule is CCCCCCCC/C=C\C/C=C\C=C\Sc1ccc(C(=O)OC)cc1. The van der Waals surface area contributed by atoms with Crippen molar-refractivity contribution < 1.29 is 9.53 Å². The van der Waals surface area contributed by atoms with E-state index in [1.165, 1.54) is 52.1 Å². The lowest BCUT2D eigenvalue weighted by Gasteiger charge is -1.99. The Morgan fingerprint density at radius 2 is 1.69 bits per heavy atom. The number of unbranched alkanes of at least 4 members (excludes halogenated alkanes) is 6. The van der Waals surface area contributed by atoms with Gasteiger partial charge in [-0.3, -0.25) is 0 Å². The molecule has 0 bridgehead atoms. The van der Waals surface area contributed by atoms with Gasteiger partial charge in [0.15, 0.2) is 0 Å². The maximum absolute atomic E-state index is 11.4. The molecule has 0 radical (unpaired) electrons. The third kappa shape index (κ3) is 11.0. The highest BCUT2D eigenvalue weighted by molar-refractivity contribution is 8.02. The number of thioether (sulfide) groups is 1. The molecule has 0 spiro atoms. The van der Waals surface area contributed by atoms with Crippen molar-refractivity contribution in [2.45, 2.75) is 63.2 Å². The van der Waals surface area contributed by atoms with E-state index in [-0.39, 0.29) is 5.97 Å². The number of allylic oxidation sites excluding steroid dienone is 5. The van der Waals surface area contributed by atoms with Gasteiger partial charge in [-0.15, -0.1) is 0 Å². The Bertz CT molecular complexity index is 570. The molecule has 0 saturated heterocycles. The Kier molecular flexibility index (Phi) is 13.3. The summed E-state index contributed by atoms with van der Waals surface area (Å²) in [4.78, 5) is 12.5. The summed E-state index contributed by atoms with van der Waals surface area (Å²) < 4.78 is 4.69. The molecule has 0 aliphatic rings. The first-order chi connectivity index (χ1) is 12.8. The number of esters is 1. The smallest absolute Gasteiger partial charge is 0.337 e. The van der Waals surface area contributed by atoms with E-state index in [4.69, 9.17) is 0 Å². The Balaban J connectivity index is 2.10. The molecule has 0 saturated carbocycles. The molecule has 26 heavy (non-hydrogen) atoms. The summed E-state index contributed by atoms with van der Waals surface area (Å²) in [6, 6.07) is 7.42. The maximum atomic E-state index is 11.4. The molecule has 1 aromatic carbocycles. The topological polar surface area (TPSA) is 26.3 Å². The van der Waals surface area contributed by atoms with Crippen molar-refractivity contribution in [3.8, 4) is 0 Å². The van der Waals surface area contributed by atoms with E-state index < -0.39 is 0 Å². The first-order valence-electron chi connectivity index (χ1n) is 9.59. The number of benzene rings is 1. The van der Waals surface area contributed by atoms with Crippen LogP contribution in [0.3, 0.4) is 0 Å². The van der Waals surface area contributed by atoms with E-state index in [1.54, 1.807) is 23.9 Å². The average molecular weight is 373 g/mol. The number of carbonyl (C=O) groups is 1. The third-order valence-corrected chi connectivity index (χ3v) is 4.81. The fourth-order valence-electron chi connectivity index (χ4n) is 2.44. The monoisotopic (exact) mass is 372 g/mol. The largest absolute Gasteiger partial charge is 0.465 e. The highest BCUT2D eigenvalue weighted by atomic mass is 32.2. The van der Waals surface area contributed by atoms with Crippen LogP contribution in [0.5, 0.6) is 0 Å². The summed E-state index contributed by atoms with van der Waals surface area (Å²) in [6.07, 6.45) is 21.2. The summed E-state index contributed by atoms with van der Waals surface area (Å²) >= 11 is 1.63. The molecule has 0 heterocycles. The van der Waals surface area contributed by atoms with Gasteiger partial charge in [-0.1, -0.05) is 81.2 Å². The van der Waals surface area contributed by atoms with Gasteiger partial charge in [0.05, 0.1) is 12.7 Å². The zero-order valence-corrected chi connectivity index (χ0v) is 17.0. The molecule has 0 aliphatic heterocycles. The molecule has 0 fully saturated rings. The van der Waals surface area contributed by atoms with Crippen LogP contribution in [0.1, 0.15) is 68.6 Å². The summed E-state index contributed by atoms with van der Waals surface area (Å²) in [7, 11) is 1.39. The zero-order chi connectivity index (χ0) is 18.9. The lowest BCUT2D eigenvalue weighted by molar-refractivity contribution is 0.0600. The molecule has 0 aromatic heterocycles. The van der Waals surface area contributed by atoms with Gasteiger partial charge in [0.1, 0.15) is 0 Å². The fraction of sp³-hybridized carbons (Fsp3) is 0.435. The van der Waals surface area contributed by atoms with Gasteiger partial charge in [-0.2, -0.15) is 0 Å². The van der Waals surface area contributed by atoms with Crippen LogP contribution in [-0.4, -0.2) is 13.1 Å². The standard InChI is InChI=1S/C23H32O2S/c1-3-4-5-6-7-8-9-10-11-12-13-14-15-20-26-22-18-16-21(17-19-22)23(24)25-2/h10-11,13-20H,3-9,12H2,1-2H3/b11-10-,14-13-,20-15+. The van der Waals surface area contributed by atoms with Crippen LogP contribution in [0.25, 0.3) is 0 Å². The molecule has 0 amide bonds. The minimum atomic E-state index is -0.301. The summed E-state index contributed by atoms with van der Waals surface area (Å²) in [5, 5.41) is 2.05. The van der Waals surface area contributed by atoms with Crippen LogP contribution in [0, 0.1) is 0 Å². The summed E-state index contributed by atoms with van der Waals surface area (Å²) in [5.41, 5.74) is 0.577. The number of methoxy groups -OCH3 is 1. The van der Waals surface area contributed by atoms with E-state index in [9.17, 15) is 4.79 Å². The summed E-state index contributed by atoms with van der Waals surface area (Å²) in [5.74, 6) is -0.301. The molecule has 0 unspecified atom stereocenters. The number of hydrogen-bond acceptors (Lipinski definition) is 3. The lowest BCUT2D eigenvalue weighted by atomic mass is 10.1. The van der Waals surface area contributed by atoms with E-state index in [0.29, 0.717) is 5.56 Å². The van der Waals surface area contributed by atoms with E-state index in [1.807, 2.05) is 23.6 Å². The molecular formula is C23H32O2S. The Hall–Kier alpha value is -1.74. The van der Waals surface area contributed by atoms with Crippen molar-refractivity contribution in [3.05, 3.63) is 65.6 Å². The predicted molar refractivity (Wildman–Crippen MR) is 114 cm³/mol. The predicted octanol–water partition coefficient (Wildman–Crippen LogP) is 7.33. The second kappa shape index (κ2) is 15.5. The van der Waals surface area contributed by atoms with Gasteiger partial charge in [0, 0.05) is 4.90 Å². The highest BCUT2D eigenvalue weighted by Crippen LogP contribution is 2.19. The van der Waals surface area contributed by atoms with Crippen molar-refractivity contribution in [2.75, 3.05) is 7.11 Å². The van der Waals surface area contributed by atoms with Gasteiger partial charge in [0.2, 0.25) is 0 Å². The number of carbonyl (C=O) groups excluding carboxylic acids is 1. The van der Waals surface area contributed by atoms with Crippen LogP contribution in [-0.2, 0) is 4.74 Å². The van der Waals surface area contributed by atoms with Crippen LogP contribution in [0.2, 0.25) is 0 Å². The Labute approximate surface area is 163 Å². The molecule has 0 atom stereocenters. The summed E-state index contributed by atoms with van der Waals surface area (Å²) in [6.45, 7) is 2.26. The van der Waals surface area contributed by atoms with Crippen molar-refractivity contribution >= 4 is 17.7 Å². The number of ether oxygens (including phenoxy) is 1. The Morgan fingerprint density at radius 3 is 2.42 bits per heavy atom. The molecule has 142 valence electrons. The minimum Gasteiger partial charge on any atom is -0.465 e. The normalized spacial score (nSPS) is 11.8. The molecule has 1 rings (SSSR count). The van der Waals surface area contributed by atoms with Gasteiger partial charge < -0.3 is 4.74 Å².